The van der Waals surface area contributed by atoms with Crippen molar-refractivity contribution in [3.05, 3.63) is 36.4 Å². The van der Waals surface area contributed by atoms with Gasteiger partial charge in [0, 0.05) is 25.6 Å². The van der Waals surface area contributed by atoms with Crippen LogP contribution >= 0.6 is 0 Å². The molecule has 1 saturated carbocycles. The van der Waals surface area contributed by atoms with Gasteiger partial charge in [-0.15, -0.1) is 0 Å². The van der Waals surface area contributed by atoms with Gasteiger partial charge in [-0.1, -0.05) is 25.5 Å². The number of carbonyl (C=O) groups excluding carboxylic acids is 1. The molecule has 3 aliphatic rings. The van der Waals surface area contributed by atoms with Crippen LogP contribution in [0.1, 0.15) is 25.6 Å². The molecule has 5 unspecified atom stereocenters. The van der Waals surface area contributed by atoms with Crippen molar-refractivity contribution < 1.29 is 19.4 Å². The molecule has 7 nitrogen and oxygen atoms in total. The number of nitrogens with one attached hydrogen (secondary N) is 1. The van der Waals surface area contributed by atoms with E-state index in [1.807, 2.05) is 24.3 Å². The van der Waals surface area contributed by atoms with Crippen molar-refractivity contribution in [1.82, 2.24) is 14.9 Å². The zero-order chi connectivity index (χ0) is 20.7. The van der Waals surface area contributed by atoms with Crippen LogP contribution in [0, 0.1) is 17.8 Å². The molecule has 2 aliphatic heterocycles. The Bertz CT molecular complexity index is 916. The minimum absolute atomic E-state index is 0.0719. The Balaban J connectivity index is 1.43. The van der Waals surface area contributed by atoms with Crippen molar-refractivity contribution >= 4 is 22.4 Å². The van der Waals surface area contributed by atoms with E-state index in [1.54, 1.807) is 6.26 Å². The first kappa shape index (κ1) is 19.7. The zero-order valence-electron chi connectivity index (χ0n) is 17.3. The zero-order valence-corrected chi connectivity index (χ0v) is 17.3. The molecule has 2 N–H and O–H groups in total. The molecule has 30 heavy (non-hydrogen) atoms. The van der Waals surface area contributed by atoms with Gasteiger partial charge in [0.05, 0.1) is 48.1 Å². The predicted molar refractivity (Wildman–Crippen MR) is 113 cm³/mol. The van der Waals surface area contributed by atoms with Crippen molar-refractivity contribution in [3.63, 3.8) is 0 Å². The number of hydrogen-bond acceptors (Lipinski definition) is 6. The fourth-order valence-electron chi connectivity index (χ4n) is 5.25. The van der Waals surface area contributed by atoms with E-state index in [4.69, 9.17) is 9.47 Å². The third-order valence-corrected chi connectivity index (χ3v) is 6.98. The average molecular weight is 412 g/mol. The van der Waals surface area contributed by atoms with E-state index < -0.39 is 6.10 Å². The largest absolute Gasteiger partial charge is 0.496 e. The number of ketones is 1. The molecule has 2 aromatic rings. The first-order valence-corrected chi connectivity index (χ1v) is 11.0. The predicted octanol–water partition coefficient (Wildman–Crippen LogP) is 2.23. The SMILES string of the molecule is CCC1CC2C(=O)C(c3nc4ccccc4[nH]3)=COC2C(CN2CCOCC2)C1O. The van der Waals surface area contributed by atoms with Gasteiger partial charge in [0.1, 0.15) is 11.9 Å². The number of imidazole rings is 1. The van der Waals surface area contributed by atoms with Crippen molar-refractivity contribution in [1.29, 1.82) is 0 Å². The molecule has 7 heteroatoms. The number of ether oxygens (including phenoxy) is 2. The summed E-state index contributed by atoms with van der Waals surface area (Å²) in [5.41, 5.74) is 2.24. The second-order valence-electron chi connectivity index (χ2n) is 8.68. The standard InChI is InChI=1S/C23H29N3O4/c1-2-14-11-15-21(28)17(23-24-18-5-3-4-6-19(18)25-23)13-30-22(15)16(20(14)27)12-26-7-9-29-10-8-26/h3-6,13-16,20,22,27H,2,7-12H2,1H3,(H,24,25). The highest BCUT2D eigenvalue weighted by atomic mass is 16.5. The number of allylic oxidation sites excluding steroid dienone is 1. The van der Waals surface area contributed by atoms with Crippen molar-refractivity contribution in [2.75, 3.05) is 32.8 Å². The lowest BCUT2D eigenvalue weighted by molar-refractivity contribution is -0.142. The number of aromatic nitrogens is 2. The molecule has 1 saturated heterocycles. The number of nitrogens with zero attached hydrogens (tertiary/aromatic N) is 2. The smallest absolute Gasteiger partial charge is 0.176 e. The summed E-state index contributed by atoms with van der Waals surface area (Å²) in [6.45, 7) is 5.94. The molecule has 1 aromatic carbocycles. The second kappa shape index (κ2) is 8.13. The molecular weight excluding hydrogens is 382 g/mol. The molecule has 5 atom stereocenters. The Labute approximate surface area is 176 Å². The first-order valence-electron chi connectivity index (χ1n) is 11.0. The second-order valence-corrected chi connectivity index (χ2v) is 8.68. The molecule has 5 rings (SSSR count). The molecule has 0 bridgehead atoms. The van der Waals surface area contributed by atoms with Gasteiger partial charge >= 0.3 is 0 Å². The van der Waals surface area contributed by atoms with Crippen LogP contribution in [0.5, 0.6) is 0 Å². The van der Waals surface area contributed by atoms with E-state index >= 15 is 0 Å². The number of hydrogen-bond donors (Lipinski definition) is 2. The number of aliphatic hydroxyl groups is 1. The maximum Gasteiger partial charge on any atom is 0.176 e. The lowest BCUT2D eigenvalue weighted by Gasteiger charge is -2.47. The van der Waals surface area contributed by atoms with Gasteiger partial charge in [-0.05, 0) is 24.5 Å². The Morgan fingerprint density at radius 2 is 2.07 bits per heavy atom. The van der Waals surface area contributed by atoms with Crippen LogP contribution in [-0.2, 0) is 14.3 Å². The number of carbonyl (C=O) groups is 1. The maximum absolute atomic E-state index is 13.5. The van der Waals surface area contributed by atoms with Crippen LogP contribution in [0.4, 0.5) is 0 Å². The molecular formula is C23H29N3O4. The van der Waals surface area contributed by atoms with E-state index in [2.05, 4.69) is 21.8 Å². The molecule has 0 radical (unpaired) electrons. The minimum atomic E-state index is -0.465. The number of morpholine rings is 1. The normalized spacial score (nSPS) is 32.5. The number of fused-ring (bicyclic) bond motifs is 2. The lowest BCUT2D eigenvalue weighted by Crippen LogP contribution is -2.56. The molecule has 1 aliphatic carbocycles. The highest BCUT2D eigenvalue weighted by molar-refractivity contribution is 6.21. The third kappa shape index (κ3) is 3.45. The Hall–Kier alpha value is -2.22. The van der Waals surface area contributed by atoms with Crippen LogP contribution in [0.2, 0.25) is 0 Å². The first-order chi connectivity index (χ1) is 14.7. The Morgan fingerprint density at radius 1 is 1.27 bits per heavy atom. The van der Waals surface area contributed by atoms with Gasteiger partial charge in [0.2, 0.25) is 0 Å². The topological polar surface area (TPSA) is 87.7 Å². The van der Waals surface area contributed by atoms with E-state index in [0.29, 0.717) is 31.0 Å². The van der Waals surface area contributed by atoms with E-state index in [-0.39, 0.29) is 29.6 Å². The van der Waals surface area contributed by atoms with Crippen molar-refractivity contribution in [2.45, 2.75) is 32.0 Å². The van der Waals surface area contributed by atoms with Gasteiger partial charge in [0.15, 0.2) is 5.78 Å². The van der Waals surface area contributed by atoms with Crippen LogP contribution in [-0.4, -0.2) is 70.8 Å². The molecule has 0 spiro atoms. The summed E-state index contributed by atoms with van der Waals surface area (Å²) in [7, 11) is 0. The monoisotopic (exact) mass is 411 g/mol. The van der Waals surface area contributed by atoms with Crippen molar-refractivity contribution in [2.24, 2.45) is 17.8 Å². The Kier molecular flexibility index (Phi) is 5.35. The highest BCUT2D eigenvalue weighted by Crippen LogP contribution is 2.43. The fourth-order valence-corrected chi connectivity index (χ4v) is 5.25. The van der Waals surface area contributed by atoms with Gasteiger partial charge in [-0.2, -0.15) is 0 Å². The highest BCUT2D eigenvalue weighted by Gasteiger charge is 2.50. The Morgan fingerprint density at radius 3 is 2.83 bits per heavy atom. The van der Waals surface area contributed by atoms with Gasteiger partial charge in [-0.25, -0.2) is 4.98 Å². The van der Waals surface area contributed by atoms with Crippen LogP contribution < -0.4 is 0 Å². The summed E-state index contributed by atoms with van der Waals surface area (Å²) >= 11 is 0. The molecule has 1 aromatic heterocycles. The summed E-state index contributed by atoms with van der Waals surface area (Å²) < 4.78 is 11.6. The molecule has 0 amide bonds. The summed E-state index contributed by atoms with van der Waals surface area (Å²) in [5, 5.41) is 11.1. The lowest BCUT2D eigenvalue weighted by atomic mass is 9.67. The van der Waals surface area contributed by atoms with Crippen molar-refractivity contribution in [3.8, 4) is 0 Å². The number of aliphatic hydroxyl groups excluding tert-OH is 1. The van der Waals surface area contributed by atoms with Crippen LogP contribution in [0.3, 0.4) is 0 Å². The van der Waals surface area contributed by atoms with E-state index in [9.17, 15) is 9.90 Å². The molecule has 160 valence electrons. The number of H-pyrrole nitrogens is 1. The fraction of sp³-hybridized carbons (Fsp3) is 0.565. The quantitative estimate of drug-likeness (QED) is 0.802. The molecule has 2 fully saturated rings. The minimum Gasteiger partial charge on any atom is -0.496 e. The van der Waals surface area contributed by atoms with Gasteiger partial charge < -0.3 is 19.6 Å². The summed E-state index contributed by atoms with van der Waals surface area (Å²) in [6.07, 6.45) is 2.30. The third-order valence-electron chi connectivity index (χ3n) is 6.98. The number of rotatable bonds is 4. The van der Waals surface area contributed by atoms with Crippen LogP contribution in [0.25, 0.3) is 16.6 Å². The summed E-state index contributed by atoms with van der Waals surface area (Å²) in [4.78, 5) is 23.7. The number of Topliss-reactive ketones (excluding diaryl/α,β-unsaturated/α-hetero) is 1. The number of para-hydroxylation sites is 2. The van der Waals surface area contributed by atoms with E-state index in [0.717, 1.165) is 37.1 Å². The van der Waals surface area contributed by atoms with Gasteiger partial charge in [0.25, 0.3) is 0 Å². The average Bonchev–Trinajstić information content (AvgIpc) is 3.20. The van der Waals surface area contributed by atoms with E-state index in [1.165, 1.54) is 0 Å². The number of aromatic amines is 1. The summed E-state index contributed by atoms with van der Waals surface area (Å²) in [6, 6.07) is 7.75. The molecule has 3 heterocycles. The number of benzene rings is 1. The van der Waals surface area contributed by atoms with Gasteiger partial charge in [-0.3, -0.25) is 9.69 Å². The van der Waals surface area contributed by atoms with Crippen LogP contribution in [0.15, 0.2) is 30.5 Å². The maximum atomic E-state index is 13.5. The summed E-state index contributed by atoms with van der Waals surface area (Å²) in [5.74, 6) is 0.382.